The number of ether oxygens (including phenoxy) is 1. The van der Waals surface area contributed by atoms with E-state index < -0.39 is 0 Å². The fourth-order valence-electron chi connectivity index (χ4n) is 0.714. The Bertz CT molecular complexity index is 234. The molecule has 1 atom stereocenters. The molecule has 0 bridgehead atoms. The van der Waals surface area contributed by atoms with E-state index in [1.165, 1.54) is 0 Å². The summed E-state index contributed by atoms with van der Waals surface area (Å²) in [7, 11) is 0. The number of aromatic nitrogens is 1. The van der Waals surface area contributed by atoms with E-state index in [0.717, 1.165) is 6.42 Å². The van der Waals surface area contributed by atoms with Crippen LogP contribution in [-0.4, -0.2) is 16.4 Å². The Balaban J connectivity index is 2.52. The van der Waals surface area contributed by atoms with Crippen molar-refractivity contribution in [3.05, 3.63) is 11.8 Å². The maximum atomic E-state index is 8.65. The molecule has 0 amide bonds. The highest BCUT2D eigenvalue weighted by Gasteiger charge is 2.06. The Morgan fingerprint density at radius 3 is 3.00 bits per heavy atom. The van der Waals surface area contributed by atoms with E-state index in [1.54, 1.807) is 6.07 Å². The molecule has 0 saturated heterocycles. The van der Waals surface area contributed by atoms with Crippen molar-refractivity contribution in [1.82, 2.24) is 5.16 Å². The Labute approximate surface area is 71.1 Å². The first-order chi connectivity index (χ1) is 5.76. The van der Waals surface area contributed by atoms with Gasteiger partial charge in [-0.15, -0.1) is 0 Å². The normalized spacial score (nSPS) is 12.9. The molecule has 0 aliphatic rings. The molecule has 0 fully saturated rings. The zero-order valence-electron chi connectivity index (χ0n) is 7.28. The lowest BCUT2D eigenvalue weighted by Crippen LogP contribution is -2.09. The number of hydrogen-bond acceptors (Lipinski definition) is 4. The lowest BCUT2D eigenvalue weighted by molar-refractivity contribution is 0.190. The molecule has 1 aromatic rings. The van der Waals surface area contributed by atoms with Gasteiger partial charge in [0, 0.05) is 6.07 Å². The van der Waals surface area contributed by atoms with Crippen LogP contribution in [0.5, 0.6) is 5.88 Å². The van der Waals surface area contributed by atoms with Crippen molar-refractivity contribution in [2.75, 3.05) is 0 Å². The Morgan fingerprint density at radius 1 is 1.75 bits per heavy atom. The molecular weight excluding hydrogens is 158 g/mol. The van der Waals surface area contributed by atoms with Crippen molar-refractivity contribution >= 4 is 0 Å². The molecule has 68 valence electrons. The molecule has 4 nitrogen and oxygen atoms in total. The fourth-order valence-corrected chi connectivity index (χ4v) is 0.714. The quantitative estimate of drug-likeness (QED) is 0.742. The van der Waals surface area contributed by atoms with Crippen LogP contribution in [0.3, 0.4) is 0 Å². The molecular formula is C8H13NO3. The molecule has 0 aliphatic heterocycles. The fraction of sp³-hybridized carbons (Fsp3) is 0.625. The molecule has 1 unspecified atom stereocenters. The Kier molecular flexibility index (Phi) is 3.10. The summed E-state index contributed by atoms with van der Waals surface area (Å²) in [6.45, 7) is 3.84. The second-order valence-corrected chi connectivity index (χ2v) is 2.63. The topological polar surface area (TPSA) is 55.5 Å². The highest BCUT2D eigenvalue weighted by molar-refractivity contribution is 5.10. The van der Waals surface area contributed by atoms with Crippen molar-refractivity contribution in [1.29, 1.82) is 0 Å². The van der Waals surface area contributed by atoms with Gasteiger partial charge in [0.2, 0.25) is 0 Å². The van der Waals surface area contributed by atoms with E-state index in [1.807, 2.05) is 13.8 Å². The second-order valence-electron chi connectivity index (χ2n) is 2.63. The van der Waals surface area contributed by atoms with Gasteiger partial charge in [-0.05, 0) is 18.5 Å². The van der Waals surface area contributed by atoms with E-state index in [9.17, 15) is 0 Å². The van der Waals surface area contributed by atoms with Crippen molar-refractivity contribution in [3.63, 3.8) is 0 Å². The van der Waals surface area contributed by atoms with Crippen LogP contribution in [0.15, 0.2) is 10.6 Å². The highest BCUT2D eigenvalue weighted by atomic mass is 16.5. The predicted molar refractivity (Wildman–Crippen MR) is 42.8 cm³/mol. The van der Waals surface area contributed by atoms with Crippen LogP contribution in [0.4, 0.5) is 0 Å². The van der Waals surface area contributed by atoms with Crippen molar-refractivity contribution in [2.24, 2.45) is 0 Å². The van der Waals surface area contributed by atoms with Crippen molar-refractivity contribution in [2.45, 2.75) is 33.0 Å². The maximum absolute atomic E-state index is 8.65. The summed E-state index contributed by atoms with van der Waals surface area (Å²) < 4.78 is 10.1. The average molecular weight is 171 g/mol. The molecule has 0 aromatic carbocycles. The maximum Gasteiger partial charge on any atom is 0.254 e. The molecule has 0 aliphatic carbocycles. The smallest absolute Gasteiger partial charge is 0.254 e. The summed E-state index contributed by atoms with van der Waals surface area (Å²) in [6.07, 6.45) is 1.04. The second kappa shape index (κ2) is 4.11. The third kappa shape index (κ3) is 2.23. The zero-order valence-corrected chi connectivity index (χ0v) is 7.28. The lowest BCUT2D eigenvalue weighted by Gasteiger charge is -2.07. The predicted octanol–water partition coefficient (Wildman–Crippen LogP) is 1.34. The SMILES string of the molecule is CCC(C)Oc1cc(CO)on1. The van der Waals surface area contributed by atoms with Gasteiger partial charge in [-0.25, -0.2) is 0 Å². The third-order valence-electron chi connectivity index (χ3n) is 1.59. The van der Waals surface area contributed by atoms with Crippen LogP contribution in [0.1, 0.15) is 26.0 Å². The molecule has 12 heavy (non-hydrogen) atoms. The lowest BCUT2D eigenvalue weighted by atomic mass is 10.3. The van der Waals surface area contributed by atoms with E-state index in [0.29, 0.717) is 11.6 Å². The summed E-state index contributed by atoms with van der Waals surface area (Å²) >= 11 is 0. The zero-order chi connectivity index (χ0) is 8.97. The molecule has 1 aromatic heterocycles. The first-order valence-electron chi connectivity index (χ1n) is 3.99. The molecule has 0 spiro atoms. The van der Waals surface area contributed by atoms with Gasteiger partial charge < -0.3 is 14.4 Å². The number of nitrogens with zero attached hydrogens (tertiary/aromatic N) is 1. The minimum absolute atomic E-state index is 0.127. The highest BCUT2D eigenvalue weighted by Crippen LogP contribution is 2.13. The van der Waals surface area contributed by atoms with E-state index >= 15 is 0 Å². The molecule has 1 rings (SSSR count). The van der Waals surface area contributed by atoms with E-state index in [4.69, 9.17) is 14.4 Å². The molecule has 0 saturated carbocycles. The first-order valence-corrected chi connectivity index (χ1v) is 3.99. The summed E-state index contributed by atoms with van der Waals surface area (Å²) in [4.78, 5) is 0. The van der Waals surface area contributed by atoms with Gasteiger partial charge in [0.15, 0.2) is 5.76 Å². The van der Waals surface area contributed by atoms with Gasteiger partial charge in [-0.3, -0.25) is 0 Å². The minimum Gasteiger partial charge on any atom is -0.472 e. The van der Waals surface area contributed by atoms with Gasteiger partial charge in [0.05, 0.1) is 6.10 Å². The Hall–Kier alpha value is -1.03. The van der Waals surface area contributed by atoms with Crippen molar-refractivity contribution in [3.8, 4) is 5.88 Å². The molecule has 4 heteroatoms. The largest absolute Gasteiger partial charge is 0.472 e. The van der Waals surface area contributed by atoms with Gasteiger partial charge in [0.25, 0.3) is 5.88 Å². The van der Waals surface area contributed by atoms with Crippen LogP contribution in [0.2, 0.25) is 0 Å². The third-order valence-corrected chi connectivity index (χ3v) is 1.59. The van der Waals surface area contributed by atoms with Crippen LogP contribution in [0.25, 0.3) is 0 Å². The van der Waals surface area contributed by atoms with Crippen LogP contribution in [0, 0.1) is 0 Å². The van der Waals surface area contributed by atoms with Crippen molar-refractivity contribution < 1.29 is 14.4 Å². The number of hydrogen-bond donors (Lipinski definition) is 1. The minimum atomic E-state index is -0.142. The van der Waals surface area contributed by atoms with Gasteiger partial charge in [-0.2, -0.15) is 0 Å². The molecule has 1 heterocycles. The van der Waals surface area contributed by atoms with Gasteiger partial charge in [-0.1, -0.05) is 6.92 Å². The standard InChI is InChI=1S/C8H13NO3/c1-3-6(2)11-8-4-7(5-10)12-9-8/h4,6,10H,3,5H2,1-2H3. The monoisotopic (exact) mass is 171 g/mol. The molecule has 1 N–H and O–H groups in total. The number of aliphatic hydroxyl groups is 1. The summed E-state index contributed by atoms with van der Waals surface area (Å²) in [5.74, 6) is 0.863. The number of aliphatic hydroxyl groups excluding tert-OH is 1. The average Bonchev–Trinajstić information content (AvgIpc) is 2.52. The van der Waals surface area contributed by atoms with Crippen LogP contribution >= 0.6 is 0 Å². The van der Waals surface area contributed by atoms with E-state index in [2.05, 4.69) is 5.16 Å². The Morgan fingerprint density at radius 2 is 2.50 bits per heavy atom. The number of rotatable bonds is 4. The summed E-state index contributed by atoms with van der Waals surface area (Å²) in [5, 5.41) is 12.3. The van der Waals surface area contributed by atoms with E-state index in [-0.39, 0.29) is 12.7 Å². The summed E-state index contributed by atoms with van der Waals surface area (Å²) in [5.41, 5.74) is 0. The van der Waals surface area contributed by atoms with Crippen LogP contribution < -0.4 is 4.74 Å². The first kappa shape index (κ1) is 9.06. The molecule has 0 radical (unpaired) electrons. The van der Waals surface area contributed by atoms with Gasteiger partial charge in [0.1, 0.15) is 6.61 Å². The summed E-state index contributed by atoms with van der Waals surface area (Å²) in [6, 6.07) is 1.59. The van der Waals surface area contributed by atoms with Crippen LogP contribution in [-0.2, 0) is 6.61 Å². The van der Waals surface area contributed by atoms with Gasteiger partial charge >= 0.3 is 0 Å².